The van der Waals surface area contributed by atoms with E-state index in [0.29, 0.717) is 16.8 Å². The van der Waals surface area contributed by atoms with Gasteiger partial charge in [-0.05, 0) is 56.2 Å². The summed E-state index contributed by atoms with van der Waals surface area (Å²) in [7, 11) is 0. The molecule has 0 aliphatic heterocycles. The van der Waals surface area contributed by atoms with Crippen LogP contribution in [0.4, 0.5) is 0 Å². The highest BCUT2D eigenvalue weighted by molar-refractivity contribution is 7.99. The number of hydrogen-bond donors (Lipinski definition) is 0. The Hall–Kier alpha value is -2.71. The summed E-state index contributed by atoms with van der Waals surface area (Å²) < 4.78 is 7.49. The molecule has 0 N–H and O–H groups in total. The average Bonchev–Trinajstić information content (AvgIpc) is 3.32. The highest BCUT2D eigenvalue weighted by Crippen LogP contribution is 2.40. The smallest absolute Gasteiger partial charge is 0.239 e. The van der Waals surface area contributed by atoms with Gasteiger partial charge in [-0.1, -0.05) is 28.5 Å². The summed E-state index contributed by atoms with van der Waals surface area (Å²) in [5, 5.41) is 14.4. The lowest BCUT2D eigenvalue weighted by atomic mass is 10.2. The first kappa shape index (κ1) is 18.3. The largest absolute Gasteiger partial charge is 0.338 e. The molecule has 0 spiro atoms. The molecule has 0 bridgehead atoms. The Labute approximate surface area is 176 Å². The van der Waals surface area contributed by atoms with Gasteiger partial charge in [0.05, 0.1) is 5.25 Å². The van der Waals surface area contributed by atoms with E-state index in [9.17, 15) is 0 Å². The third-order valence-corrected chi connectivity index (χ3v) is 5.97. The summed E-state index contributed by atoms with van der Waals surface area (Å²) in [6.45, 7) is 2.03. The van der Waals surface area contributed by atoms with Crippen LogP contribution in [0.1, 0.15) is 42.6 Å². The summed E-state index contributed by atoms with van der Waals surface area (Å²) in [6, 6.07) is 11.4. The molecule has 4 aromatic rings. The van der Waals surface area contributed by atoms with Gasteiger partial charge in [0, 0.05) is 34.6 Å². The summed E-state index contributed by atoms with van der Waals surface area (Å²) in [5.41, 5.74) is 1.85. The molecule has 0 amide bonds. The number of hydrogen-bond acceptors (Lipinski definition) is 7. The van der Waals surface area contributed by atoms with Crippen LogP contribution < -0.4 is 0 Å². The monoisotopic (exact) mass is 424 g/mol. The minimum absolute atomic E-state index is 0.0597. The first-order valence-electron chi connectivity index (χ1n) is 9.31. The molecule has 0 radical (unpaired) electrons. The number of thioether (sulfide) groups is 1. The van der Waals surface area contributed by atoms with Crippen molar-refractivity contribution < 1.29 is 4.52 Å². The molecule has 1 aliphatic rings. The summed E-state index contributed by atoms with van der Waals surface area (Å²) in [5.74, 6) is 2.60. The van der Waals surface area contributed by atoms with Crippen LogP contribution in [0.3, 0.4) is 0 Å². The molecule has 1 saturated carbocycles. The number of aromatic nitrogens is 6. The van der Waals surface area contributed by atoms with Crippen molar-refractivity contribution in [2.24, 2.45) is 0 Å². The van der Waals surface area contributed by atoms with Crippen LogP contribution in [-0.2, 0) is 0 Å². The fraction of sp³-hybridized carbons (Fsp3) is 0.250. The quantitative estimate of drug-likeness (QED) is 0.398. The highest BCUT2D eigenvalue weighted by atomic mass is 35.5. The summed E-state index contributed by atoms with van der Waals surface area (Å²) >= 11 is 7.61. The van der Waals surface area contributed by atoms with Crippen molar-refractivity contribution in [1.29, 1.82) is 0 Å². The molecular formula is C20H17ClN6OS. The van der Waals surface area contributed by atoms with Gasteiger partial charge >= 0.3 is 0 Å². The van der Waals surface area contributed by atoms with Crippen molar-refractivity contribution in [2.45, 2.75) is 36.1 Å². The van der Waals surface area contributed by atoms with E-state index in [2.05, 4.69) is 25.3 Å². The minimum Gasteiger partial charge on any atom is -0.338 e. The van der Waals surface area contributed by atoms with Crippen LogP contribution in [-0.4, -0.2) is 29.9 Å². The van der Waals surface area contributed by atoms with Crippen LogP contribution in [0.15, 0.2) is 58.5 Å². The Kier molecular flexibility index (Phi) is 4.81. The van der Waals surface area contributed by atoms with Crippen LogP contribution in [0.5, 0.6) is 0 Å². The second kappa shape index (κ2) is 7.61. The lowest BCUT2D eigenvalue weighted by Crippen LogP contribution is -2.01. The normalized spacial score (nSPS) is 14.8. The first-order chi connectivity index (χ1) is 14.2. The highest BCUT2D eigenvalue weighted by Gasteiger charge is 2.30. The Morgan fingerprint density at radius 2 is 1.86 bits per heavy atom. The van der Waals surface area contributed by atoms with Gasteiger partial charge in [-0.25, -0.2) is 0 Å². The van der Waals surface area contributed by atoms with E-state index in [0.717, 1.165) is 40.9 Å². The van der Waals surface area contributed by atoms with E-state index >= 15 is 0 Å². The maximum Gasteiger partial charge on any atom is 0.239 e. The summed E-state index contributed by atoms with van der Waals surface area (Å²) in [6.07, 6.45) is 5.76. The summed E-state index contributed by atoms with van der Waals surface area (Å²) in [4.78, 5) is 8.66. The van der Waals surface area contributed by atoms with Crippen molar-refractivity contribution in [1.82, 2.24) is 29.9 Å². The van der Waals surface area contributed by atoms with Gasteiger partial charge < -0.3 is 4.52 Å². The third-order valence-electron chi connectivity index (χ3n) is 4.69. The number of benzene rings is 1. The lowest BCUT2D eigenvalue weighted by Gasteiger charge is -2.12. The van der Waals surface area contributed by atoms with Crippen molar-refractivity contribution in [3.8, 4) is 17.1 Å². The predicted molar refractivity (Wildman–Crippen MR) is 110 cm³/mol. The molecule has 0 saturated heterocycles. The van der Waals surface area contributed by atoms with Gasteiger partial charge in [0.1, 0.15) is 0 Å². The molecule has 1 unspecified atom stereocenters. The molecule has 5 rings (SSSR count). The van der Waals surface area contributed by atoms with Crippen LogP contribution >= 0.6 is 23.4 Å². The van der Waals surface area contributed by atoms with E-state index in [-0.39, 0.29) is 5.25 Å². The molecule has 3 heterocycles. The van der Waals surface area contributed by atoms with Gasteiger partial charge in [0.25, 0.3) is 0 Å². The van der Waals surface area contributed by atoms with Crippen LogP contribution in [0.2, 0.25) is 5.02 Å². The number of pyridine rings is 1. The van der Waals surface area contributed by atoms with Gasteiger partial charge in [0.2, 0.25) is 5.89 Å². The molecule has 1 aromatic carbocycles. The van der Waals surface area contributed by atoms with Crippen LogP contribution in [0.25, 0.3) is 17.1 Å². The maximum absolute atomic E-state index is 6.09. The first-order valence-corrected chi connectivity index (χ1v) is 10.6. The second-order valence-corrected chi connectivity index (χ2v) is 8.62. The van der Waals surface area contributed by atoms with Gasteiger partial charge in [-0.2, -0.15) is 4.98 Å². The van der Waals surface area contributed by atoms with Crippen LogP contribution in [0, 0.1) is 0 Å². The Morgan fingerprint density at radius 1 is 1.10 bits per heavy atom. The maximum atomic E-state index is 6.09. The number of nitrogens with zero attached hydrogens (tertiary/aromatic N) is 6. The molecule has 9 heteroatoms. The molecule has 1 fully saturated rings. The minimum atomic E-state index is -0.0597. The van der Waals surface area contributed by atoms with E-state index in [1.54, 1.807) is 12.4 Å². The molecule has 3 aromatic heterocycles. The van der Waals surface area contributed by atoms with E-state index in [4.69, 9.17) is 16.1 Å². The second-order valence-electron chi connectivity index (χ2n) is 6.88. The third kappa shape index (κ3) is 3.77. The zero-order valence-corrected chi connectivity index (χ0v) is 17.1. The standard InChI is InChI=1S/C20H17ClN6OS/c1-12(19-23-17(26-28-19)13-2-3-13)29-20-25-24-18(14-8-10-22-11-9-14)27(20)16-6-4-15(21)5-7-16/h4-13H,2-3H2,1H3. The molecule has 1 atom stereocenters. The average molecular weight is 425 g/mol. The topological polar surface area (TPSA) is 82.5 Å². The van der Waals surface area contributed by atoms with E-state index in [1.807, 2.05) is 47.9 Å². The zero-order chi connectivity index (χ0) is 19.8. The lowest BCUT2D eigenvalue weighted by molar-refractivity contribution is 0.374. The fourth-order valence-corrected chi connectivity index (χ4v) is 4.01. The Balaban J connectivity index is 1.51. The predicted octanol–water partition coefficient (Wildman–Crippen LogP) is 5.10. The van der Waals surface area contributed by atoms with Crippen molar-refractivity contribution in [3.05, 3.63) is 65.5 Å². The molecule has 29 heavy (non-hydrogen) atoms. The van der Waals surface area contributed by atoms with E-state index < -0.39 is 0 Å². The molecular weight excluding hydrogens is 408 g/mol. The van der Waals surface area contributed by atoms with E-state index in [1.165, 1.54) is 11.8 Å². The van der Waals surface area contributed by atoms with Crippen molar-refractivity contribution in [2.75, 3.05) is 0 Å². The van der Waals surface area contributed by atoms with Crippen molar-refractivity contribution >= 4 is 23.4 Å². The van der Waals surface area contributed by atoms with Gasteiger partial charge in [0.15, 0.2) is 16.8 Å². The molecule has 1 aliphatic carbocycles. The SMILES string of the molecule is CC(Sc1nnc(-c2ccncc2)n1-c1ccc(Cl)cc1)c1nc(C2CC2)no1. The van der Waals surface area contributed by atoms with Gasteiger partial charge in [-0.15, -0.1) is 10.2 Å². The van der Waals surface area contributed by atoms with Gasteiger partial charge in [-0.3, -0.25) is 9.55 Å². The Morgan fingerprint density at radius 3 is 2.59 bits per heavy atom. The zero-order valence-electron chi connectivity index (χ0n) is 15.6. The number of halogens is 1. The molecule has 7 nitrogen and oxygen atoms in total. The Bertz CT molecular complexity index is 1120. The molecule has 146 valence electrons. The van der Waals surface area contributed by atoms with Crippen molar-refractivity contribution in [3.63, 3.8) is 0 Å². The fourth-order valence-electron chi connectivity index (χ4n) is 2.99. The number of rotatable bonds is 6.